The van der Waals surface area contributed by atoms with E-state index in [2.05, 4.69) is 4.98 Å². The van der Waals surface area contributed by atoms with Crippen molar-refractivity contribution < 1.29 is 0 Å². The van der Waals surface area contributed by atoms with Crippen LogP contribution in [0.5, 0.6) is 0 Å². The van der Waals surface area contributed by atoms with Crippen LogP contribution in [-0.2, 0) is 0 Å². The van der Waals surface area contributed by atoms with E-state index in [4.69, 9.17) is 5.73 Å². The fourth-order valence-corrected chi connectivity index (χ4v) is 0.461. The number of rotatable bonds is 0. The molecule has 10 heavy (non-hydrogen) atoms. The summed E-state index contributed by atoms with van der Waals surface area (Å²) in [7, 11) is 0. The second-order valence-electron chi connectivity index (χ2n) is 1.49. The first kappa shape index (κ1) is 8.75. The second-order valence-corrected chi connectivity index (χ2v) is 1.49. The van der Waals surface area contributed by atoms with Crippen molar-refractivity contribution in [2.45, 2.75) is 13.8 Å². The van der Waals surface area contributed by atoms with Gasteiger partial charge < -0.3 is 10.7 Å². The quantitative estimate of drug-likeness (QED) is 0.564. The molecule has 3 N–H and O–H groups in total. The van der Waals surface area contributed by atoms with Crippen LogP contribution in [0.2, 0.25) is 0 Å². The van der Waals surface area contributed by atoms with Gasteiger partial charge in [-0.3, -0.25) is 4.79 Å². The van der Waals surface area contributed by atoms with Crippen molar-refractivity contribution in [1.29, 1.82) is 0 Å². The molecule has 0 fully saturated rings. The Balaban J connectivity index is 0.000000371. The largest absolute Gasteiger partial charge is 0.399 e. The summed E-state index contributed by atoms with van der Waals surface area (Å²) >= 11 is 0. The first-order valence-corrected chi connectivity index (χ1v) is 3.23. The monoisotopic (exact) mass is 140 g/mol. The minimum atomic E-state index is -0.162. The van der Waals surface area contributed by atoms with Crippen LogP contribution in [0.3, 0.4) is 0 Å². The van der Waals surface area contributed by atoms with Gasteiger partial charge in [-0.1, -0.05) is 13.8 Å². The molecule has 1 aromatic heterocycles. The maximum atomic E-state index is 10.4. The number of aromatic nitrogens is 1. The lowest BCUT2D eigenvalue weighted by Crippen LogP contribution is -2.03. The van der Waals surface area contributed by atoms with Crippen molar-refractivity contribution >= 4 is 5.69 Å². The lowest BCUT2D eigenvalue weighted by molar-refractivity contribution is 1.24. The number of anilines is 1. The van der Waals surface area contributed by atoms with Gasteiger partial charge in [0.15, 0.2) is 0 Å². The Morgan fingerprint density at radius 2 is 2.10 bits per heavy atom. The number of aromatic amines is 1. The zero-order valence-corrected chi connectivity index (χ0v) is 6.22. The summed E-state index contributed by atoms with van der Waals surface area (Å²) in [4.78, 5) is 12.8. The maximum absolute atomic E-state index is 10.4. The van der Waals surface area contributed by atoms with Crippen molar-refractivity contribution in [3.63, 3.8) is 0 Å². The molecule has 0 unspecified atom stereocenters. The number of nitrogen functional groups attached to an aromatic ring is 1. The number of hydrogen-bond acceptors (Lipinski definition) is 2. The first-order valence-electron chi connectivity index (χ1n) is 3.23. The van der Waals surface area contributed by atoms with E-state index in [0.29, 0.717) is 5.69 Å². The van der Waals surface area contributed by atoms with Crippen LogP contribution >= 0.6 is 0 Å². The van der Waals surface area contributed by atoms with Crippen LogP contribution in [0.25, 0.3) is 0 Å². The van der Waals surface area contributed by atoms with Crippen molar-refractivity contribution in [3.05, 3.63) is 28.7 Å². The van der Waals surface area contributed by atoms with Crippen LogP contribution < -0.4 is 11.3 Å². The number of pyridine rings is 1. The molecular formula is C7H12N2O. The Bertz CT molecular complexity index is 229. The molecule has 0 radical (unpaired) electrons. The molecule has 0 aliphatic carbocycles. The van der Waals surface area contributed by atoms with E-state index >= 15 is 0 Å². The summed E-state index contributed by atoms with van der Waals surface area (Å²) in [5.41, 5.74) is 5.57. The minimum Gasteiger partial charge on any atom is -0.399 e. The molecule has 0 aliphatic heterocycles. The predicted molar refractivity (Wildman–Crippen MR) is 42.8 cm³/mol. The van der Waals surface area contributed by atoms with Crippen molar-refractivity contribution in [2.75, 3.05) is 5.73 Å². The zero-order valence-electron chi connectivity index (χ0n) is 6.22. The van der Waals surface area contributed by atoms with E-state index in [1.165, 1.54) is 12.3 Å². The molecule has 0 aromatic carbocycles. The molecule has 0 saturated carbocycles. The second kappa shape index (κ2) is 4.61. The molecule has 3 heteroatoms. The Hall–Kier alpha value is -1.25. The molecule has 1 rings (SSSR count). The van der Waals surface area contributed by atoms with Gasteiger partial charge >= 0.3 is 0 Å². The van der Waals surface area contributed by atoms with Crippen LogP contribution in [0.1, 0.15) is 13.8 Å². The highest BCUT2D eigenvalue weighted by molar-refractivity contribution is 5.33. The van der Waals surface area contributed by atoms with E-state index in [1.54, 1.807) is 6.07 Å². The maximum Gasteiger partial charge on any atom is 0.249 e. The van der Waals surface area contributed by atoms with E-state index in [9.17, 15) is 4.79 Å². The van der Waals surface area contributed by atoms with Gasteiger partial charge in [-0.25, -0.2) is 0 Å². The molecule has 56 valence electrons. The molecule has 3 nitrogen and oxygen atoms in total. The summed E-state index contributed by atoms with van der Waals surface area (Å²) < 4.78 is 0. The lowest BCUT2D eigenvalue weighted by Gasteiger charge is -1.84. The Labute approximate surface area is 59.9 Å². The SMILES string of the molecule is CC.Nc1cc[nH]c(=O)c1. The molecule has 0 atom stereocenters. The molecule has 0 spiro atoms. The Kier molecular flexibility index (Phi) is 4.04. The number of H-pyrrole nitrogens is 1. The van der Waals surface area contributed by atoms with E-state index in [0.717, 1.165) is 0 Å². The molecule has 1 heterocycles. The van der Waals surface area contributed by atoms with Crippen molar-refractivity contribution in [2.24, 2.45) is 0 Å². The summed E-state index contributed by atoms with van der Waals surface area (Å²) in [6.07, 6.45) is 1.51. The summed E-state index contributed by atoms with van der Waals surface area (Å²) in [6, 6.07) is 2.96. The van der Waals surface area contributed by atoms with Crippen molar-refractivity contribution in [1.82, 2.24) is 4.98 Å². The first-order chi connectivity index (χ1) is 4.79. The average Bonchev–Trinajstić information content (AvgIpc) is 1.91. The summed E-state index contributed by atoms with van der Waals surface area (Å²) in [6.45, 7) is 4.00. The molecular weight excluding hydrogens is 128 g/mol. The third-order valence-corrected chi connectivity index (χ3v) is 0.799. The smallest absolute Gasteiger partial charge is 0.249 e. The van der Waals surface area contributed by atoms with Gasteiger partial charge in [-0.15, -0.1) is 0 Å². The fourth-order valence-electron chi connectivity index (χ4n) is 0.461. The average molecular weight is 140 g/mol. The van der Waals surface area contributed by atoms with E-state index < -0.39 is 0 Å². The summed E-state index contributed by atoms with van der Waals surface area (Å²) in [5, 5.41) is 0. The van der Waals surface area contributed by atoms with Gasteiger partial charge in [-0.05, 0) is 6.07 Å². The fraction of sp³-hybridized carbons (Fsp3) is 0.286. The highest BCUT2D eigenvalue weighted by Gasteiger charge is 1.80. The molecule has 1 aromatic rings. The third kappa shape index (κ3) is 2.91. The van der Waals surface area contributed by atoms with Crippen LogP contribution in [0, 0.1) is 0 Å². The van der Waals surface area contributed by atoms with Crippen molar-refractivity contribution in [3.8, 4) is 0 Å². The van der Waals surface area contributed by atoms with Gasteiger partial charge in [-0.2, -0.15) is 0 Å². The molecule has 0 amide bonds. The third-order valence-electron chi connectivity index (χ3n) is 0.799. The van der Waals surface area contributed by atoms with E-state index in [-0.39, 0.29) is 5.56 Å². The molecule has 0 aliphatic rings. The topological polar surface area (TPSA) is 58.9 Å². The van der Waals surface area contributed by atoms with Crippen LogP contribution in [-0.4, -0.2) is 4.98 Å². The number of hydrogen-bond donors (Lipinski definition) is 2. The Morgan fingerprint density at radius 3 is 2.40 bits per heavy atom. The molecule has 0 bridgehead atoms. The van der Waals surface area contributed by atoms with Gasteiger partial charge in [0.25, 0.3) is 0 Å². The Morgan fingerprint density at radius 1 is 1.50 bits per heavy atom. The molecule has 0 saturated heterocycles. The normalized spacial score (nSPS) is 7.80. The van der Waals surface area contributed by atoms with Gasteiger partial charge in [0.1, 0.15) is 0 Å². The predicted octanol–water partition coefficient (Wildman–Crippen LogP) is 0.983. The highest BCUT2D eigenvalue weighted by atomic mass is 16.1. The number of nitrogens with one attached hydrogen (secondary N) is 1. The zero-order chi connectivity index (χ0) is 7.98. The van der Waals surface area contributed by atoms with Gasteiger partial charge in [0.05, 0.1) is 0 Å². The van der Waals surface area contributed by atoms with E-state index in [1.807, 2.05) is 13.8 Å². The summed E-state index contributed by atoms with van der Waals surface area (Å²) in [5.74, 6) is 0. The highest BCUT2D eigenvalue weighted by Crippen LogP contribution is 1.88. The van der Waals surface area contributed by atoms with Crippen LogP contribution in [0.4, 0.5) is 5.69 Å². The minimum absolute atomic E-state index is 0.162. The van der Waals surface area contributed by atoms with Gasteiger partial charge in [0.2, 0.25) is 5.56 Å². The standard InChI is InChI=1S/C5H6N2O.C2H6/c6-4-1-2-7-5(8)3-4;1-2/h1-3H,(H3,6,7,8);1-2H3. The number of nitrogens with two attached hydrogens (primary N) is 1. The van der Waals surface area contributed by atoms with Gasteiger partial charge in [0, 0.05) is 18.0 Å². The van der Waals surface area contributed by atoms with Crippen LogP contribution in [0.15, 0.2) is 23.1 Å². The lowest BCUT2D eigenvalue weighted by atomic mass is 10.4.